The highest BCUT2D eigenvalue weighted by Crippen LogP contribution is 2.35. The Morgan fingerprint density at radius 3 is 2.62 bits per heavy atom. The largest absolute Gasteiger partial charge is 0.432 e. The summed E-state index contributed by atoms with van der Waals surface area (Å²) in [6, 6.07) is 18.6. The molecule has 0 amide bonds. The third-order valence-corrected chi connectivity index (χ3v) is 6.15. The molecule has 1 fully saturated rings. The number of ether oxygens (including phenoxy) is 1. The zero-order valence-corrected chi connectivity index (χ0v) is 17.2. The number of fused-ring (bicyclic) bond motifs is 6. The number of aromatic amines is 1. The molecule has 0 spiro atoms. The molecule has 0 aliphatic carbocycles. The maximum absolute atomic E-state index is 6.11. The van der Waals surface area contributed by atoms with E-state index in [1.54, 1.807) is 6.20 Å². The minimum absolute atomic E-state index is 0.578. The molecule has 7 nitrogen and oxygen atoms in total. The van der Waals surface area contributed by atoms with Crippen molar-refractivity contribution in [3.63, 3.8) is 0 Å². The van der Waals surface area contributed by atoms with E-state index in [9.17, 15) is 0 Å². The molecule has 5 heterocycles. The van der Waals surface area contributed by atoms with E-state index in [1.807, 2.05) is 18.2 Å². The number of nitrogens with one attached hydrogen (secondary N) is 1. The van der Waals surface area contributed by atoms with Gasteiger partial charge in [0.05, 0.1) is 18.6 Å². The van der Waals surface area contributed by atoms with Crippen LogP contribution in [0.3, 0.4) is 0 Å². The van der Waals surface area contributed by atoms with Crippen LogP contribution in [0.5, 0.6) is 0 Å². The molecule has 0 saturated carbocycles. The molecule has 1 aliphatic heterocycles. The van der Waals surface area contributed by atoms with Crippen LogP contribution in [0.4, 0.5) is 5.82 Å². The molecule has 7 heteroatoms. The first-order chi connectivity index (χ1) is 15.8. The van der Waals surface area contributed by atoms with Gasteiger partial charge in [-0.15, -0.1) is 0 Å². The summed E-state index contributed by atoms with van der Waals surface area (Å²) < 4.78 is 11.7. The highest BCUT2D eigenvalue weighted by Gasteiger charge is 2.23. The highest BCUT2D eigenvalue weighted by atomic mass is 16.5. The lowest BCUT2D eigenvalue weighted by Gasteiger charge is -2.27. The molecule has 6 aromatic rings. The Labute approximate surface area is 182 Å². The quantitative estimate of drug-likeness (QED) is 0.428. The van der Waals surface area contributed by atoms with Gasteiger partial charge >= 0.3 is 0 Å². The minimum atomic E-state index is 0.578. The number of pyridine rings is 1. The number of nitrogens with zero attached hydrogens (tertiary/aromatic N) is 4. The van der Waals surface area contributed by atoms with Crippen LogP contribution in [0.15, 0.2) is 65.2 Å². The Kier molecular flexibility index (Phi) is 3.74. The molecule has 7 rings (SSSR count). The molecular weight excluding hydrogens is 402 g/mol. The third-order valence-electron chi connectivity index (χ3n) is 6.15. The van der Waals surface area contributed by atoms with Gasteiger partial charge in [-0.25, -0.2) is 15.0 Å². The zero-order chi connectivity index (χ0) is 21.1. The Bertz CT molecular complexity index is 1630. The van der Waals surface area contributed by atoms with Crippen LogP contribution in [0.2, 0.25) is 0 Å². The maximum Gasteiger partial charge on any atom is 0.229 e. The molecule has 1 aliphatic rings. The number of aromatic nitrogens is 4. The lowest BCUT2D eigenvalue weighted by Crippen LogP contribution is -2.37. The first-order valence-corrected chi connectivity index (χ1v) is 10.7. The van der Waals surface area contributed by atoms with Gasteiger partial charge < -0.3 is 19.0 Å². The predicted molar refractivity (Wildman–Crippen MR) is 125 cm³/mol. The number of para-hydroxylation sites is 1. The molecule has 1 saturated heterocycles. The molecule has 0 radical (unpaired) electrons. The van der Waals surface area contributed by atoms with Gasteiger partial charge in [-0.05, 0) is 24.3 Å². The second-order valence-corrected chi connectivity index (χ2v) is 8.04. The lowest BCUT2D eigenvalue weighted by atomic mass is 10.1. The van der Waals surface area contributed by atoms with Crippen molar-refractivity contribution < 1.29 is 9.15 Å². The molecular formula is C25H19N5O2. The van der Waals surface area contributed by atoms with Crippen molar-refractivity contribution in [2.75, 3.05) is 31.2 Å². The number of benzene rings is 2. The second-order valence-electron chi connectivity index (χ2n) is 8.04. The van der Waals surface area contributed by atoms with E-state index < -0.39 is 0 Å². The van der Waals surface area contributed by atoms with Crippen LogP contribution in [0.1, 0.15) is 0 Å². The Morgan fingerprint density at radius 1 is 0.844 bits per heavy atom. The average Bonchev–Trinajstić information content (AvgIpc) is 3.42. The first kappa shape index (κ1) is 17.7. The standard InChI is InChI=1S/C25H19N5O2/c1-2-6-19-16(4-1)17-8-7-15(14-20(17)27-19)23-28-21-18-5-3-9-26-25(18)32-22(21)24(29-23)30-10-12-31-13-11-30/h1-9,14,27H,10-13H2. The zero-order valence-electron chi connectivity index (χ0n) is 17.2. The fourth-order valence-electron chi connectivity index (χ4n) is 4.58. The SMILES string of the molecule is c1ccc2c(c1)[nH]c1cc(-c3nc(N4CCOCC4)c4oc5ncccc5c4n3)ccc12. The van der Waals surface area contributed by atoms with Gasteiger partial charge in [0.2, 0.25) is 5.71 Å². The Hall–Kier alpha value is -3.97. The Morgan fingerprint density at radius 2 is 1.69 bits per heavy atom. The van der Waals surface area contributed by atoms with E-state index in [2.05, 4.69) is 51.3 Å². The Balaban J connectivity index is 1.48. The maximum atomic E-state index is 6.11. The third kappa shape index (κ3) is 2.61. The molecule has 32 heavy (non-hydrogen) atoms. The normalized spacial score (nSPS) is 14.8. The number of hydrogen-bond acceptors (Lipinski definition) is 6. The van der Waals surface area contributed by atoms with Crippen molar-refractivity contribution in [3.8, 4) is 11.4 Å². The summed E-state index contributed by atoms with van der Waals surface area (Å²) in [6.07, 6.45) is 1.73. The van der Waals surface area contributed by atoms with Crippen LogP contribution in [0.25, 0.3) is 55.4 Å². The van der Waals surface area contributed by atoms with Gasteiger partial charge in [-0.3, -0.25) is 0 Å². The van der Waals surface area contributed by atoms with E-state index in [-0.39, 0.29) is 0 Å². The van der Waals surface area contributed by atoms with Crippen LogP contribution < -0.4 is 4.90 Å². The molecule has 4 aromatic heterocycles. The van der Waals surface area contributed by atoms with Crippen molar-refractivity contribution in [1.29, 1.82) is 0 Å². The molecule has 0 atom stereocenters. The summed E-state index contributed by atoms with van der Waals surface area (Å²) >= 11 is 0. The smallest absolute Gasteiger partial charge is 0.229 e. The topological polar surface area (TPSA) is 80.1 Å². The first-order valence-electron chi connectivity index (χ1n) is 10.7. The van der Waals surface area contributed by atoms with Crippen LogP contribution in [0, 0.1) is 0 Å². The summed E-state index contributed by atoms with van der Waals surface area (Å²) in [7, 11) is 0. The van der Waals surface area contributed by atoms with E-state index in [0.29, 0.717) is 30.3 Å². The number of anilines is 1. The van der Waals surface area contributed by atoms with Crippen LogP contribution in [-0.4, -0.2) is 46.2 Å². The minimum Gasteiger partial charge on any atom is -0.432 e. The van der Waals surface area contributed by atoms with Crippen molar-refractivity contribution in [3.05, 3.63) is 60.8 Å². The number of rotatable bonds is 2. The van der Waals surface area contributed by atoms with Gasteiger partial charge in [0.15, 0.2) is 17.2 Å². The van der Waals surface area contributed by atoms with Crippen LogP contribution >= 0.6 is 0 Å². The number of morpholine rings is 1. The monoisotopic (exact) mass is 421 g/mol. The average molecular weight is 421 g/mol. The number of hydrogen-bond donors (Lipinski definition) is 1. The molecule has 0 bridgehead atoms. The van der Waals surface area contributed by atoms with E-state index in [0.717, 1.165) is 46.4 Å². The van der Waals surface area contributed by atoms with Gasteiger partial charge in [0, 0.05) is 46.7 Å². The van der Waals surface area contributed by atoms with Gasteiger partial charge in [0.1, 0.15) is 5.52 Å². The van der Waals surface area contributed by atoms with Gasteiger partial charge in [-0.2, -0.15) is 0 Å². The molecule has 1 N–H and O–H groups in total. The van der Waals surface area contributed by atoms with Gasteiger partial charge in [-0.1, -0.05) is 30.3 Å². The van der Waals surface area contributed by atoms with Crippen molar-refractivity contribution in [2.24, 2.45) is 0 Å². The fraction of sp³-hybridized carbons (Fsp3) is 0.160. The summed E-state index contributed by atoms with van der Waals surface area (Å²) in [4.78, 5) is 20.0. The summed E-state index contributed by atoms with van der Waals surface area (Å²) in [5, 5.41) is 3.30. The number of H-pyrrole nitrogens is 1. The van der Waals surface area contributed by atoms with E-state index in [1.165, 1.54) is 10.8 Å². The van der Waals surface area contributed by atoms with E-state index in [4.69, 9.17) is 19.1 Å². The summed E-state index contributed by atoms with van der Waals surface area (Å²) in [5.74, 6) is 1.47. The van der Waals surface area contributed by atoms with Crippen molar-refractivity contribution in [1.82, 2.24) is 19.9 Å². The molecule has 0 unspecified atom stereocenters. The van der Waals surface area contributed by atoms with E-state index >= 15 is 0 Å². The van der Waals surface area contributed by atoms with Crippen LogP contribution in [-0.2, 0) is 4.74 Å². The fourth-order valence-corrected chi connectivity index (χ4v) is 4.58. The number of furan rings is 1. The summed E-state index contributed by atoms with van der Waals surface area (Å²) in [5.41, 5.74) is 5.19. The highest BCUT2D eigenvalue weighted by molar-refractivity contribution is 6.08. The van der Waals surface area contributed by atoms with Gasteiger partial charge in [0.25, 0.3) is 0 Å². The summed E-state index contributed by atoms with van der Waals surface area (Å²) in [6.45, 7) is 2.86. The lowest BCUT2D eigenvalue weighted by molar-refractivity contribution is 0.122. The van der Waals surface area contributed by atoms with Crippen molar-refractivity contribution in [2.45, 2.75) is 0 Å². The molecule has 2 aromatic carbocycles. The second kappa shape index (κ2) is 6.77. The predicted octanol–water partition coefficient (Wildman–Crippen LogP) is 4.91. The molecule has 156 valence electrons. The van der Waals surface area contributed by atoms with Crippen molar-refractivity contribution >= 4 is 49.8 Å².